The number of hydrogen-bond donors (Lipinski definition) is 0. The molecule has 0 N–H and O–H groups in total. The Hall–Kier alpha value is -0.520. The van der Waals surface area contributed by atoms with Crippen molar-refractivity contribution in [1.29, 1.82) is 0 Å². The molecule has 0 radical (unpaired) electrons. The van der Waals surface area contributed by atoms with Gasteiger partial charge in [0.25, 0.3) is 5.85 Å². The highest BCUT2D eigenvalue weighted by atomic mass is 16.7. The minimum atomic E-state index is -0.591. The van der Waals surface area contributed by atoms with Crippen LogP contribution in [0.3, 0.4) is 0 Å². The summed E-state index contributed by atoms with van der Waals surface area (Å²) in [7, 11) is 0. The highest BCUT2D eigenvalue weighted by molar-refractivity contribution is 5.00. The van der Waals surface area contributed by atoms with Crippen LogP contribution in [0.25, 0.3) is 0 Å². The molecule has 138 valence electrons. The molecule has 3 rings (SSSR count). The predicted molar refractivity (Wildman–Crippen MR) is 92.4 cm³/mol. The van der Waals surface area contributed by atoms with Crippen LogP contribution in [-0.4, -0.2) is 30.5 Å². The fraction of sp³-hybridized carbons (Fsp3) is 1.00. The van der Waals surface area contributed by atoms with E-state index in [1.54, 1.807) is 0 Å². The molecule has 0 bridgehead atoms. The zero-order valence-corrected chi connectivity index (χ0v) is 16.2. The molecule has 3 aliphatic heterocycles. The summed E-state index contributed by atoms with van der Waals surface area (Å²) in [5, 5.41) is 8.36. The van der Waals surface area contributed by atoms with Gasteiger partial charge in [0.05, 0.1) is 18.3 Å². The lowest BCUT2D eigenvalue weighted by Crippen LogP contribution is -2.55. The monoisotopic (exact) mass is 338 g/mol. The summed E-state index contributed by atoms with van der Waals surface area (Å²) in [4.78, 5) is 0. The van der Waals surface area contributed by atoms with Crippen molar-refractivity contribution in [2.24, 2.45) is 39.8 Å². The normalized spacial score (nSPS) is 50.2. The summed E-state index contributed by atoms with van der Waals surface area (Å²) in [6, 6.07) is 0. The Morgan fingerprint density at radius 2 is 1.46 bits per heavy atom. The van der Waals surface area contributed by atoms with Crippen LogP contribution in [-0.2, 0) is 14.2 Å². The van der Waals surface area contributed by atoms with E-state index in [1.165, 1.54) is 0 Å². The molecule has 0 aromatic heterocycles. The summed E-state index contributed by atoms with van der Waals surface area (Å²) in [5.41, 5.74) is 0. The van der Waals surface area contributed by atoms with Gasteiger partial charge in [-0.1, -0.05) is 48.5 Å². The molecule has 0 aromatic rings. The molecule has 0 amide bonds. The van der Waals surface area contributed by atoms with Crippen molar-refractivity contribution in [2.75, 3.05) is 0 Å². The Labute approximate surface area is 146 Å². The van der Waals surface area contributed by atoms with Gasteiger partial charge >= 0.3 is 0 Å². The summed E-state index contributed by atoms with van der Waals surface area (Å²) in [5.74, 6) is 1.52. The van der Waals surface area contributed by atoms with Crippen molar-refractivity contribution in [2.45, 2.75) is 91.8 Å². The van der Waals surface area contributed by atoms with Gasteiger partial charge in [-0.25, -0.2) is 0 Å². The quantitative estimate of drug-likeness (QED) is 0.752. The molecular weight excluding hydrogens is 304 g/mol. The van der Waals surface area contributed by atoms with E-state index in [0.29, 0.717) is 23.7 Å². The molecule has 2 saturated heterocycles. The fourth-order valence-electron chi connectivity index (χ4n) is 4.43. The zero-order valence-electron chi connectivity index (χ0n) is 16.2. The van der Waals surface area contributed by atoms with Crippen molar-refractivity contribution in [3.63, 3.8) is 0 Å². The third-order valence-electron chi connectivity index (χ3n) is 6.97. The smallest absolute Gasteiger partial charge is 0.296 e. The molecule has 3 aliphatic rings. The Morgan fingerprint density at radius 1 is 0.833 bits per heavy atom. The molecule has 5 nitrogen and oxygen atoms in total. The number of ether oxygens (including phenoxy) is 3. The third-order valence-corrected chi connectivity index (χ3v) is 6.97. The van der Waals surface area contributed by atoms with Gasteiger partial charge in [0, 0.05) is 11.8 Å². The average Bonchev–Trinajstić information content (AvgIpc) is 3.36. The van der Waals surface area contributed by atoms with E-state index in [0.717, 1.165) is 12.8 Å². The molecule has 0 aliphatic carbocycles. The summed E-state index contributed by atoms with van der Waals surface area (Å²) in [6.07, 6.45) is 2.12. The van der Waals surface area contributed by atoms with Gasteiger partial charge in [-0.2, -0.15) is 0 Å². The van der Waals surface area contributed by atoms with E-state index in [1.807, 2.05) is 0 Å². The van der Waals surface area contributed by atoms with E-state index in [-0.39, 0.29) is 30.5 Å². The van der Waals surface area contributed by atoms with Gasteiger partial charge in [0.15, 0.2) is 6.29 Å². The van der Waals surface area contributed by atoms with E-state index >= 15 is 0 Å². The fourth-order valence-corrected chi connectivity index (χ4v) is 4.43. The second-order valence-corrected chi connectivity index (χ2v) is 8.20. The van der Waals surface area contributed by atoms with Crippen molar-refractivity contribution in [1.82, 2.24) is 0 Å². The molecule has 1 spiro atoms. The summed E-state index contributed by atoms with van der Waals surface area (Å²) >= 11 is 0. The molecule has 24 heavy (non-hydrogen) atoms. The highest BCUT2D eigenvalue weighted by Crippen LogP contribution is 2.49. The first kappa shape index (κ1) is 18.3. The maximum absolute atomic E-state index is 6.57. The van der Waals surface area contributed by atoms with Gasteiger partial charge in [-0.15, -0.1) is 10.2 Å². The van der Waals surface area contributed by atoms with Gasteiger partial charge < -0.3 is 14.2 Å². The Morgan fingerprint density at radius 3 is 2.00 bits per heavy atom. The van der Waals surface area contributed by atoms with Crippen LogP contribution < -0.4 is 0 Å². The molecule has 0 saturated carbocycles. The maximum atomic E-state index is 6.57. The molecule has 9 atom stereocenters. The van der Waals surface area contributed by atoms with Crippen LogP contribution in [0.1, 0.15) is 61.3 Å². The number of nitrogens with zero attached hydrogens (tertiary/aromatic N) is 2. The average molecular weight is 338 g/mol. The summed E-state index contributed by atoms with van der Waals surface area (Å²) < 4.78 is 19.1. The van der Waals surface area contributed by atoms with E-state index in [2.05, 4.69) is 58.7 Å². The third kappa shape index (κ3) is 2.93. The zero-order chi connectivity index (χ0) is 17.6. The van der Waals surface area contributed by atoms with Crippen molar-refractivity contribution in [3.05, 3.63) is 0 Å². The topological polar surface area (TPSA) is 52.4 Å². The predicted octanol–water partition coefficient (Wildman–Crippen LogP) is 4.62. The largest absolute Gasteiger partial charge is 0.349 e. The van der Waals surface area contributed by atoms with Gasteiger partial charge in [0.2, 0.25) is 0 Å². The van der Waals surface area contributed by atoms with Crippen molar-refractivity contribution in [3.8, 4) is 0 Å². The van der Waals surface area contributed by atoms with Crippen LogP contribution in [0.15, 0.2) is 10.2 Å². The molecule has 3 heterocycles. The van der Waals surface area contributed by atoms with Crippen LogP contribution in [0.5, 0.6) is 0 Å². The lowest BCUT2D eigenvalue weighted by molar-refractivity contribution is -0.305. The van der Waals surface area contributed by atoms with Crippen LogP contribution >= 0.6 is 0 Å². The van der Waals surface area contributed by atoms with Gasteiger partial charge in [-0.05, 0) is 30.6 Å². The first-order chi connectivity index (χ1) is 11.3. The van der Waals surface area contributed by atoms with Gasteiger partial charge in [-0.3, -0.25) is 0 Å². The van der Waals surface area contributed by atoms with Crippen LogP contribution in [0, 0.1) is 29.6 Å². The standard InChI is InChI=1S/C19H34N2O3/c1-8-15-11(4)10(3)12(5)18(22-15)23-17-13(6)14(7)19(20-21-19)24-16(17)9-2/h10-18H,8-9H2,1-7H3. The SMILES string of the molecule is CCC1OC(OC2C(CC)OC3(N=N3)C(C)C2C)C(C)C(C)C1C. The second kappa shape index (κ2) is 6.65. The van der Waals surface area contributed by atoms with E-state index in [9.17, 15) is 0 Å². The van der Waals surface area contributed by atoms with E-state index in [4.69, 9.17) is 14.2 Å². The van der Waals surface area contributed by atoms with Crippen molar-refractivity contribution < 1.29 is 14.2 Å². The number of rotatable bonds is 4. The maximum Gasteiger partial charge on any atom is 0.296 e. The first-order valence-corrected chi connectivity index (χ1v) is 9.77. The second-order valence-electron chi connectivity index (χ2n) is 8.20. The Balaban J connectivity index is 1.73. The molecule has 0 aromatic carbocycles. The molecule has 5 heteroatoms. The molecule has 9 unspecified atom stereocenters. The van der Waals surface area contributed by atoms with Gasteiger partial charge in [0.1, 0.15) is 0 Å². The van der Waals surface area contributed by atoms with Crippen molar-refractivity contribution >= 4 is 0 Å². The first-order valence-electron chi connectivity index (χ1n) is 9.77. The van der Waals surface area contributed by atoms with Crippen LogP contribution in [0.4, 0.5) is 0 Å². The summed E-state index contributed by atoms with van der Waals surface area (Å²) in [6.45, 7) is 15.6. The molecular formula is C19H34N2O3. The lowest BCUT2D eigenvalue weighted by Gasteiger charge is -2.48. The van der Waals surface area contributed by atoms with E-state index < -0.39 is 5.85 Å². The minimum absolute atomic E-state index is 0.0248. The Kier molecular flexibility index (Phi) is 5.07. The van der Waals surface area contributed by atoms with Crippen LogP contribution in [0.2, 0.25) is 0 Å². The molecule has 2 fully saturated rings. The Bertz CT molecular complexity index is 473. The number of hydrogen-bond acceptors (Lipinski definition) is 5. The lowest BCUT2D eigenvalue weighted by atomic mass is 9.77. The highest BCUT2D eigenvalue weighted by Gasteiger charge is 2.58. The minimum Gasteiger partial charge on any atom is -0.349 e.